The van der Waals surface area contributed by atoms with E-state index in [0.717, 1.165) is 26.1 Å². The first-order chi connectivity index (χ1) is 9.42. The van der Waals surface area contributed by atoms with Gasteiger partial charge in [0.2, 0.25) is 0 Å². The predicted octanol–water partition coefficient (Wildman–Crippen LogP) is 2.93. The number of nitrogens with zero attached hydrogens (tertiary/aromatic N) is 1. The summed E-state index contributed by atoms with van der Waals surface area (Å²) in [6.07, 6.45) is 1.12. The van der Waals surface area contributed by atoms with Gasteiger partial charge in [-0.25, -0.2) is 0 Å². The molecular weight excluding hydrogens is 248 g/mol. The van der Waals surface area contributed by atoms with Gasteiger partial charge in [-0.05, 0) is 50.3 Å². The standard InChI is InChI=1S/C17H26N2O/c1-11-5-6-14(20)16-13(9-12(2)15(11)16)19-8-7-18-10-17(19,3)4/h5-6,12-13,18,20H,7-10H2,1-4H3. The second-order valence-corrected chi connectivity index (χ2v) is 7.06. The van der Waals surface area contributed by atoms with Crippen LogP contribution in [0.2, 0.25) is 0 Å². The summed E-state index contributed by atoms with van der Waals surface area (Å²) in [4.78, 5) is 2.59. The maximum atomic E-state index is 10.4. The molecule has 2 aliphatic rings. The molecule has 110 valence electrons. The Hall–Kier alpha value is -1.06. The molecule has 0 radical (unpaired) electrons. The molecule has 1 aromatic carbocycles. The van der Waals surface area contributed by atoms with Crippen LogP contribution in [0.1, 0.15) is 55.8 Å². The SMILES string of the molecule is Cc1ccc(O)c2c1C(C)CC2N1CCNCC1(C)C. The monoisotopic (exact) mass is 274 g/mol. The van der Waals surface area contributed by atoms with Crippen molar-refractivity contribution in [2.75, 3.05) is 19.6 Å². The van der Waals surface area contributed by atoms with E-state index in [4.69, 9.17) is 0 Å². The van der Waals surface area contributed by atoms with E-state index in [9.17, 15) is 5.11 Å². The van der Waals surface area contributed by atoms with Crippen LogP contribution in [0.15, 0.2) is 12.1 Å². The number of aromatic hydroxyl groups is 1. The largest absolute Gasteiger partial charge is 0.508 e. The second kappa shape index (κ2) is 4.74. The molecule has 2 N–H and O–H groups in total. The molecule has 3 nitrogen and oxygen atoms in total. The highest BCUT2D eigenvalue weighted by Gasteiger charge is 2.42. The first kappa shape index (κ1) is 13.9. The Labute approximate surface area is 122 Å². The van der Waals surface area contributed by atoms with Gasteiger partial charge in [0, 0.05) is 36.8 Å². The first-order valence-electron chi connectivity index (χ1n) is 7.71. The van der Waals surface area contributed by atoms with E-state index in [2.05, 4.69) is 44.0 Å². The Morgan fingerprint density at radius 2 is 2.05 bits per heavy atom. The van der Waals surface area contributed by atoms with Crippen LogP contribution in [0.3, 0.4) is 0 Å². The van der Waals surface area contributed by atoms with Crippen molar-refractivity contribution in [2.45, 2.75) is 51.6 Å². The van der Waals surface area contributed by atoms with Crippen molar-refractivity contribution in [1.29, 1.82) is 0 Å². The van der Waals surface area contributed by atoms with Crippen LogP contribution in [-0.2, 0) is 0 Å². The minimum Gasteiger partial charge on any atom is -0.508 e. The molecule has 0 spiro atoms. The third kappa shape index (κ3) is 2.04. The van der Waals surface area contributed by atoms with E-state index >= 15 is 0 Å². The van der Waals surface area contributed by atoms with Crippen LogP contribution in [0.5, 0.6) is 5.75 Å². The highest BCUT2D eigenvalue weighted by Crippen LogP contribution is 2.50. The normalized spacial score (nSPS) is 29.4. The van der Waals surface area contributed by atoms with E-state index in [1.807, 2.05) is 6.07 Å². The van der Waals surface area contributed by atoms with Gasteiger partial charge in [0.05, 0.1) is 0 Å². The molecule has 20 heavy (non-hydrogen) atoms. The molecule has 0 amide bonds. The Morgan fingerprint density at radius 1 is 1.30 bits per heavy atom. The Morgan fingerprint density at radius 3 is 2.75 bits per heavy atom. The Bertz CT molecular complexity index is 524. The van der Waals surface area contributed by atoms with Gasteiger partial charge in [-0.3, -0.25) is 4.90 Å². The number of fused-ring (bicyclic) bond motifs is 1. The van der Waals surface area contributed by atoms with Crippen LogP contribution >= 0.6 is 0 Å². The Balaban J connectivity index is 2.05. The minimum absolute atomic E-state index is 0.139. The lowest BCUT2D eigenvalue weighted by molar-refractivity contribution is 0.0422. The summed E-state index contributed by atoms with van der Waals surface area (Å²) < 4.78 is 0. The van der Waals surface area contributed by atoms with Crippen LogP contribution < -0.4 is 5.32 Å². The summed E-state index contributed by atoms with van der Waals surface area (Å²) in [6, 6.07) is 4.28. The van der Waals surface area contributed by atoms with Crippen LogP contribution in [0.25, 0.3) is 0 Å². The zero-order valence-corrected chi connectivity index (χ0v) is 13.0. The van der Waals surface area contributed by atoms with Gasteiger partial charge in [0.1, 0.15) is 5.75 Å². The average Bonchev–Trinajstić information content (AvgIpc) is 2.72. The first-order valence-corrected chi connectivity index (χ1v) is 7.71. The quantitative estimate of drug-likeness (QED) is 0.826. The van der Waals surface area contributed by atoms with Crippen molar-refractivity contribution in [3.63, 3.8) is 0 Å². The number of piperazine rings is 1. The number of rotatable bonds is 1. The zero-order chi connectivity index (χ0) is 14.5. The average molecular weight is 274 g/mol. The molecule has 1 fully saturated rings. The molecular formula is C17H26N2O. The van der Waals surface area contributed by atoms with Crippen LogP contribution in [-0.4, -0.2) is 35.2 Å². The molecule has 1 aromatic rings. The van der Waals surface area contributed by atoms with Gasteiger partial charge >= 0.3 is 0 Å². The fourth-order valence-electron chi connectivity index (χ4n) is 4.17. The number of hydrogen-bond acceptors (Lipinski definition) is 3. The van der Waals surface area contributed by atoms with Gasteiger partial charge < -0.3 is 10.4 Å². The van der Waals surface area contributed by atoms with E-state index < -0.39 is 0 Å². The van der Waals surface area contributed by atoms with E-state index in [1.54, 1.807) is 0 Å². The third-order valence-electron chi connectivity index (χ3n) is 5.13. The van der Waals surface area contributed by atoms with Gasteiger partial charge in [0.15, 0.2) is 0 Å². The lowest BCUT2D eigenvalue weighted by atomic mass is 9.94. The van der Waals surface area contributed by atoms with Crippen molar-refractivity contribution in [3.8, 4) is 5.75 Å². The van der Waals surface area contributed by atoms with Gasteiger partial charge in [-0.1, -0.05) is 13.0 Å². The molecule has 1 saturated heterocycles. The summed E-state index contributed by atoms with van der Waals surface area (Å²) in [6.45, 7) is 12.2. The zero-order valence-electron chi connectivity index (χ0n) is 13.0. The van der Waals surface area contributed by atoms with Crippen LogP contribution in [0.4, 0.5) is 0 Å². The summed E-state index contributed by atoms with van der Waals surface area (Å²) in [5.41, 5.74) is 4.03. The molecule has 2 atom stereocenters. The maximum Gasteiger partial charge on any atom is 0.120 e. The van der Waals surface area contributed by atoms with Crippen molar-refractivity contribution in [2.24, 2.45) is 0 Å². The lowest BCUT2D eigenvalue weighted by Crippen LogP contribution is -2.58. The molecule has 0 saturated carbocycles. The fourth-order valence-corrected chi connectivity index (χ4v) is 4.17. The third-order valence-corrected chi connectivity index (χ3v) is 5.13. The molecule has 3 rings (SSSR count). The summed E-state index contributed by atoms with van der Waals surface area (Å²) >= 11 is 0. The topological polar surface area (TPSA) is 35.5 Å². The van der Waals surface area contributed by atoms with Gasteiger partial charge in [-0.15, -0.1) is 0 Å². The van der Waals surface area contributed by atoms with Gasteiger partial charge in [0.25, 0.3) is 0 Å². The number of aryl methyl sites for hydroxylation is 1. The highest BCUT2D eigenvalue weighted by molar-refractivity contribution is 5.51. The van der Waals surface area contributed by atoms with Gasteiger partial charge in [-0.2, -0.15) is 0 Å². The minimum atomic E-state index is 0.139. The number of hydrogen-bond donors (Lipinski definition) is 2. The molecule has 0 aromatic heterocycles. The highest BCUT2D eigenvalue weighted by atomic mass is 16.3. The van der Waals surface area contributed by atoms with Crippen molar-refractivity contribution < 1.29 is 5.11 Å². The van der Waals surface area contributed by atoms with E-state index in [-0.39, 0.29) is 5.54 Å². The fraction of sp³-hybridized carbons (Fsp3) is 0.647. The van der Waals surface area contributed by atoms with E-state index in [1.165, 1.54) is 16.7 Å². The van der Waals surface area contributed by atoms with Crippen molar-refractivity contribution >= 4 is 0 Å². The number of phenols is 1. The second-order valence-electron chi connectivity index (χ2n) is 7.06. The summed E-state index contributed by atoms with van der Waals surface area (Å²) in [5.74, 6) is 1.02. The summed E-state index contributed by atoms with van der Waals surface area (Å²) in [5, 5.41) is 13.9. The van der Waals surface area contributed by atoms with Crippen molar-refractivity contribution in [3.05, 3.63) is 28.8 Å². The summed E-state index contributed by atoms with van der Waals surface area (Å²) in [7, 11) is 0. The number of phenolic OH excluding ortho intramolecular Hbond substituents is 1. The lowest BCUT2D eigenvalue weighted by Gasteiger charge is -2.46. The molecule has 1 aliphatic heterocycles. The molecule has 3 heteroatoms. The molecule has 0 bridgehead atoms. The number of benzene rings is 1. The molecule has 1 aliphatic carbocycles. The Kier molecular flexibility index (Phi) is 3.30. The maximum absolute atomic E-state index is 10.4. The van der Waals surface area contributed by atoms with Crippen molar-refractivity contribution in [1.82, 2.24) is 10.2 Å². The van der Waals surface area contributed by atoms with Crippen LogP contribution in [0, 0.1) is 6.92 Å². The number of nitrogens with one attached hydrogen (secondary N) is 1. The molecule has 1 heterocycles. The predicted molar refractivity (Wildman–Crippen MR) is 82.3 cm³/mol. The molecule has 2 unspecified atom stereocenters. The van der Waals surface area contributed by atoms with E-state index in [0.29, 0.717) is 17.7 Å². The smallest absolute Gasteiger partial charge is 0.120 e.